The van der Waals surface area contributed by atoms with E-state index >= 15 is 0 Å². The fourth-order valence-electron chi connectivity index (χ4n) is 1.59. The summed E-state index contributed by atoms with van der Waals surface area (Å²) in [4.78, 5) is 0. The van der Waals surface area contributed by atoms with Gasteiger partial charge in [0.1, 0.15) is 0 Å². The summed E-state index contributed by atoms with van der Waals surface area (Å²) < 4.78 is 1.25. The van der Waals surface area contributed by atoms with Gasteiger partial charge in [0.2, 0.25) is 0 Å². The molecule has 1 unspecified atom stereocenters. The second-order valence-electron chi connectivity index (χ2n) is 3.70. The van der Waals surface area contributed by atoms with Crippen LogP contribution in [0.5, 0.6) is 0 Å². The average molecular weight is 350 g/mol. The zero-order valence-electron chi connectivity index (χ0n) is 9.47. The number of hydrogen-bond donors (Lipinski definition) is 1. The summed E-state index contributed by atoms with van der Waals surface area (Å²) in [6, 6.07) is 6.35. The van der Waals surface area contributed by atoms with Crippen molar-refractivity contribution in [1.29, 1.82) is 0 Å². The number of halogens is 2. The summed E-state index contributed by atoms with van der Waals surface area (Å²) in [5, 5.41) is 4.31. The van der Waals surface area contributed by atoms with Gasteiger partial charge in [-0.1, -0.05) is 24.6 Å². The van der Waals surface area contributed by atoms with Crippen LogP contribution in [-0.2, 0) is 0 Å². The van der Waals surface area contributed by atoms with Crippen molar-refractivity contribution < 1.29 is 0 Å². The first-order valence-corrected chi connectivity index (χ1v) is 6.94. The summed E-state index contributed by atoms with van der Waals surface area (Å²) in [7, 11) is 0. The van der Waals surface area contributed by atoms with E-state index in [1.165, 1.54) is 9.13 Å². The van der Waals surface area contributed by atoms with Gasteiger partial charge in [0.25, 0.3) is 0 Å². The highest BCUT2D eigenvalue weighted by Crippen LogP contribution is 2.26. The molecule has 16 heavy (non-hydrogen) atoms. The molecule has 0 bridgehead atoms. The van der Waals surface area contributed by atoms with Crippen molar-refractivity contribution in [1.82, 2.24) is 5.32 Å². The van der Waals surface area contributed by atoms with Gasteiger partial charge in [0.05, 0.1) is 0 Å². The molecule has 0 aromatic heterocycles. The summed E-state index contributed by atoms with van der Waals surface area (Å²) in [5.74, 6) is 0. The van der Waals surface area contributed by atoms with Gasteiger partial charge < -0.3 is 5.32 Å². The van der Waals surface area contributed by atoms with Crippen LogP contribution in [0.4, 0.5) is 0 Å². The van der Waals surface area contributed by atoms with E-state index in [9.17, 15) is 0 Å². The van der Waals surface area contributed by atoms with E-state index in [0.29, 0.717) is 6.04 Å². The van der Waals surface area contributed by atoms with E-state index < -0.39 is 0 Å². The monoisotopic (exact) mass is 349 g/mol. The normalized spacial score (nSPS) is 12.4. The lowest BCUT2D eigenvalue weighted by Crippen LogP contribution is -2.22. The Labute approximate surface area is 116 Å². The Kier molecular flexibility index (Phi) is 6.39. The van der Waals surface area contributed by atoms with Gasteiger partial charge in [-0.15, -0.1) is 6.58 Å². The summed E-state index contributed by atoms with van der Waals surface area (Å²) >= 11 is 8.39. The maximum atomic E-state index is 6.04. The van der Waals surface area contributed by atoms with Gasteiger partial charge in [-0.05, 0) is 65.7 Å². The molecule has 1 aromatic rings. The average Bonchev–Trinajstić information content (AvgIpc) is 2.28. The largest absolute Gasteiger partial charge is 0.310 e. The zero-order chi connectivity index (χ0) is 12.0. The molecule has 0 spiro atoms. The van der Waals surface area contributed by atoms with Crippen LogP contribution in [0.1, 0.15) is 31.4 Å². The minimum absolute atomic E-state index is 0.322. The van der Waals surface area contributed by atoms with E-state index in [1.54, 1.807) is 0 Å². The Morgan fingerprint density at radius 3 is 2.94 bits per heavy atom. The maximum absolute atomic E-state index is 6.04. The van der Waals surface area contributed by atoms with Crippen LogP contribution in [0.2, 0.25) is 5.02 Å². The van der Waals surface area contributed by atoms with Crippen molar-refractivity contribution in [2.75, 3.05) is 6.54 Å². The number of nitrogens with one attached hydrogen (secondary N) is 1. The second kappa shape index (κ2) is 7.30. The van der Waals surface area contributed by atoms with Crippen LogP contribution in [0.3, 0.4) is 0 Å². The molecule has 1 atom stereocenters. The molecule has 1 rings (SSSR count). The van der Waals surface area contributed by atoms with Crippen LogP contribution >= 0.6 is 34.2 Å². The highest BCUT2D eigenvalue weighted by Gasteiger charge is 2.12. The van der Waals surface area contributed by atoms with Crippen molar-refractivity contribution in [2.45, 2.75) is 25.8 Å². The molecular formula is C13H17ClIN. The minimum atomic E-state index is 0.322. The smallest absolute Gasteiger partial charge is 0.0410 e. The predicted molar refractivity (Wildman–Crippen MR) is 80.0 cm³/mol. The van der Waals surface area contributed by atoms with Crippen LogP contribution in [0.15, 0.2) is 30.9 Å². The molecule has 0 saturated heterocycles. The Morgan fingerprint density at radius 1 is 1.56 bits per heavy atom. The zero-order valence-corrected chi connectivity index (χ0v) is 12.4. The molecule has 3 heteroatoms. The van der Waals surface area contributed by atoms with Gasteiger partial charge in [0, 0.05) is 14.6 Å². The van der Waals surface area contributed by atoms with Crippen LogP contribution in [-0.4, -0.2) is 6.54 Å². The van der Waals surface area contributed by atoms with Crippen molar-refractivity contribution in [3.63, 3.8) is 0 Å². The quantitative estimate of drug-likeness (QED) is 0.586. The van der Waals surface area contributed by atoms with Crippen LogP contribution < -0.4 is 5.32 Å². The van der Waals surface area contributed by atoms with Crippen molar-refractivity contribution in [2.24, 2.45) is 0 Å². The SMILES string of the molecule is C=CCC(NCCC)c1cc(Cl)ccc1I. The summed E-state index contributed by atoms with van der Waals surface area (Å²) in [6.07, 6.45) is 4.01. The number of benzene rings is 1. The van der Waals surface area contributed by atoms with Crippen molar-refractivity contribution in [3.05, 3.63) is 45.0 Å². The number of hydrogen-bond acceptors (Lipinski definition) is 1. The molecule has 0 radical (unpaired) electrons. The van der Waals surface area contributed by atoms with Gasteiger partial charge in [0.15, 0.2) is 0 Å². The molecule has 0 aliphatic rings. The Hall–Kier alpha value is -0.0600. The third-order valence-corrected chi connectivity index (χ3v) is 3.59. The molecule has 0 aliphatic carbocycles. The third kappa shape index (κ3) is 4.07. The molecule has 0 heterocycles. The van der Waals surface area contributed by atoms with E-state index in [2.05, 4.69) is 47.5 Å². The molecule has 0 aliphatic heterocycles. The first-order chi connectivity index (χ1) is 7.69. The molecule has 88 valence electrons. The minimum Gasteiger partial charge on any atom is -0.310 e. The lowest BCUT2D eigenvalue weighted by molar-refractivity contribution is 0.535. The molecule has 0 amide bonds. The van der Waals surface area contributed by atoms with Gasteiger partial charge in [-0.3, -0.25) is 0 Å². The lowest BCUT2D eigenvalue weighted by Gasteiger charge is -2.19. The highest BCUT2D eigenvalue weighted by molar-refractivity contribution is 14.1. The van der Waals surface area contributed by atoms with E-state index in [0.717, 1.165) is 24.4 Å². The van der Waals surface area contributed by atoms with Gasteiger partial charge in [-0.2, -0.15) is 0 Å². The molecule has 1 N–H and O–H groups in total. The Bertz CT molecular complexity index is 352. The Balaban J connectivity index is 2.90. The third-order valence-electron chi connectivity index (χ3n) is 2.38. The summed E-state index contributed by atoms with van der Waals surface area (Å²) in [5.41, 5.74) is 1.27. The van der Waals surface area contributed by atoms with E-state index in [4.69, 9.17) is 11.6 Å². The fourth-order valence-corrected chi connectivity index (χ4v) is 2.48. The first-order valence-electron chi connectivity index (χ1n) is 5.48. The second-order valence-corrected chi connectivity index (χ2v) is 5.30. The van der Waals surface area contributed by atoms with E-state index in [-0.39, 0.29) is 0 Å². The molecule has 0 fully saturated rings. The molecular weight excluding hydrogens is 333 g/mol. The molecule has 1 nitrogen and oxygen atoms in total. The predicted octanol–water partition coefficient (Wildman–Crippen LogP) is 4.56. The first kappa shape index (κ1) is 14.0. The Morgan fingerprint density at radius 2 is 2.31 bits per heavy atom. The number of rotatable bonds is 6. The van der Waals surface area contributed by atoms with E-state index in [1.807, 2.05) is 18.2 Å². The summed E-state index contributed by atoms with van der Waals surface area (Å²) in [6.45, 7) is 6.99. The van der Waals surface area contributed by atoms with Crippen LogP contribution in [0.25, 0.3) is 0 Å². The fraction of sp³-hybridized carbons (Fsp3) is 0.385. The van der Waals surface area contributed by atoms with Crippen LogP contribution in [0, 0.1) is 3.57 Å². The molecule has 0 saturated carbocycles. The molecule has 1 aromatic carbocycles. The lowest BCUT2D eigenvalue weighted by atomic mass is 10.0. The topological polar surface area (TPSA) is 12.0 Å². The van der Waals surface area contributed by atoms with Crippen molar-refractivity contribution in [3.8, 4) is 0 Å². The van der Waals surface area contributed by atoms with Gasteiger partial charge in [-0.25, -0.2) is 0 Å². The standard InChI is InChI=1S/C13H17ClIN/c1-3-5-13(16-8-4-2)11-9-10(14)6-7-12(11)15/h3,6-7,9,13,16H,1,4-5,8H2,2H3. The highest BCUT2D eigenvalue weighted by atomic mass is 127. The van der Waals surface area contributed by atoms with Crippen molar-refractivity contribution >= 4 is 34.2 Å². The maximum Gasteiger partial charge on any atom is 0.0410 e. The van der Waals surface area contributed by atoms with Gasteiger partial charge >= 0.3 is 0 Å².